The van der Waals surface area contributed by atoms with Gasteiger partial charge in [-0.2, -0.15) is 13.2 Å². The number of aryl methyl sites for hydroxylation is 1. The Morgan fingerprint density at radius 1 is 1.16 bits per heavy atom. The number of aromatic nitrogens is 1. The standard InChI is InChI=1S/C22H21F3N4O3/c1-13-2-7-17(27-10-13)28-12-18(30)29(21(20(28)32)8-15(9-21)19(26)31)11-14-3-5-16(6-4-14)22(23,24)25/h2-7,10,15H,8-9,11-12H2,1H3,(H2,26,31). The first-order chi connectivity index (χ1) is 15.0. The van der Waals surface area contributed by atoms with Crippen molar-refractivity contribution in [3.05, 3.63) is 59.3 Å². The molecule has 0 radical (unpaired) electrons. The van der Waals surface area contributed by atoms with Gasteiger partial charge in [-0.25, -0.2) is 4.98 Å². The van der Waals surface area contributed by atoms with Crippen LogP contribution in [0.25, 0.3) is 0 Å². The highest BCUT2D eigenvalue weighted by Gasteiger charge is 2.61. The second-order valence-corrected chi connectivity index (χ2v) is 8.30. The number of hydrogen-bond donors (Lipinski definition) is 1. The predicted molar refractivity (Wildman–Crippen MR) is 108 cm³/mol. The number of carbonyl (C=O) groups excluding carboxylic acids is 3. The van der Waals surface area contributed by atoms with Gasteiger partial charge in [-0.3, -0.25) is 19.3 Å². The summed E-state index contributed by atoms with van der Waals surface area (Å²) in [6.45, 7) is 1.54. The van der Waals surface area contributed by atoms with E-state index in [2.05, 4.69) is 4.98 Å². The highest BCUT2D eigenvalue weighted by Crippen LogP contribution is 2.47. The lowest BCUT2D eigenvalue weighted by atomic mass is 9.65. The average Bonchev–Trinajstić information content (AvgIpc) is 2.69. The van der Waals surface area contributed by atoms with Gasteiger partial charge in [0.05, 0.1) is 5.56 Å². The third-order valence-corrected chi connectivity index (χ3v) is 6.12. The first-order valence-electron chi connectivity index (χ1n) is 10.0. The molecule has 1 spiro atoms. The van der Waals surface area contributed by atoms with E-state index in [4.69, 9.17) is 5.73 Å². The number of nitrogens with two attached hydrogens (primary N) is 1. The second-order valence-electron chi connectivity index (χ2n) is 8.30. The van der Waals surface area contributed by atoms with Crippen molar-refractivity contribution in [3.8, 4) is 0 Å². The number of piperazine rings is 1. The van der Waals surface area contributed by atoms with Crippen LogP contribution in [-0.4, -0.2) is 39.7 Å². The van der Waals surface area contributed by atoms with Crippen molar-refractivity contribution in [2.45, 2.75) is 38.0 Å². The lowest BCUT2D eigenvalue weighted by Gasteiger charge is -2.56. The number of rotatable bonds is 4. The van der Waals surface area contributed by atoms with E-state index < -0.39 is 29.1 Å². The molecule has 0 atom stereocenters. The summed E-state index contributed by atoms with van der Waals surface area (Å²) in [6, 6.07) is 7.86. The van der Waals surface area contributed by atoms with Gasteiger partial charge in [0.25, 0.3) is 5.91 Å². The minimum Gasteiger partial charge on any atom is -0.369 e. The number of amides is 3. The number of pyridine rings is 1. The molecule has 0 bridgehead atoms. The molecule has 3 amide bonds. The Morgan fingerprint density at radius 3 is 2.34 bits per heavy atom. The number of hydrogen-bond acceptors (Lipinski definition) is 4. The van der Waals surface area contributed by atoms with E-state index in [-0.39, 0.29) is 37.7 Å². The smallest absolute Gasteiger partial charge is 0.369 e. The molecule has 1 aromatic carbocycles. The van der Waals surface area contributed by atoms with E-state index in [9.17, 15) is 27.6 Å². The third kappa shape index (κ3) is 3.69. The summed E-state index contributed by atoms with van der Waals surface area (Å²) in [5.41, 5.74) is 4.65. The van der Waals surface area contributed by atoms with Crippen LogP contribution >= 0.6 is 0 Å². The topological polar surface area (TPSA) is 96.6 Å². The molecular weight excluding hydrogens is 425 g/mol. The summed E-state index contributed by atoms with van der Waals surface area (Å²) in [6.07, 6.45) is -2.76. The van der Waals surface area contributed by atoms with E-state index in [1.807, 2.05) is 6.92 Å². The molecule has 1 aliphatic carbocycles. The summed E-state index contributed by atoms with van der Waals surface area (Å²) in [5, 5.41) is 0. The number of benzene rings is 1. The fraction of sp³-hybridized carbons (Fsp3) is 0.364. The fourth-order valence-electron chi connectivity index (χ4n) is 4.28. The lowest BCUT2D eigenvalue weighted by molar-refractivity contribution is -0.164. The van der Waals surface area contributed by atoms with Gasteiger partial charge in [0.15, 0.2) is 0 Å². The Hall–Kier alpha value is -3.43. The monoisotopic (exact) mass is 446 g/mol. The molecule has 2 N–H and O–H groups in total. The van der Waals surface area contributed by atoms with Crippen LogP contribution in [0.2, 0.25) is 0 Å². The first kappa shape index (κ1) is 21.8. The van der Waals surface area contributed by atoms with Gasteiger partial charge in [0.2, 0.25) is 11.8 Å². The normalized spacial score (nSPS) is 23.4. The van der Waals surface area contributed by atoms with Crippen molar-refractivity contribution in [3.63, 3.8) is 0 Å². The van der Waals surface area contributed by atoms with Crippen molar-refractivity contribution < 1.29 is 27.6 Å². The van der Waals surface area contributed by atoms with E-state index in [0.717, 1.165) is 17.7 Å². The maximum atomic E-state index is 13.5. The molecule has 2 aromatic rings. The van der Waals surface area contributed by atoms with E-state index in [0.29, 0.717) is 11.4 Å². The Kier molecular flexibility index (Phi) is 5.18. The summed E-state index contributed by atoms with van der Waals surface area (Å²) in [5.74, 6) is -1.55. The zero-order chi connectivity index (χ0) is 23.3. The highest BCUT2D eigenvalue weighted by atomic mass is 19.4. The molecule has 10 heteroatoms. The van der Waals surface area contributed by atoms with Gasteiger partial charge >= 0.3 is 6.18 Å². The van der Waals surface area contributed by atoms with Crippen LogP contribution in [0.5, 0.6) is 0 Å². The Bertz CT molecular complexity index is 1060. The van der Waals surface area contributed by atoms with Gasteiger partial charge in [0.1, 0.15) is 17.9 Å². The zero-order valence-corrected chi connectivity index (χ0v) is 17.2. The van der Waals surface area contributed by atoms with E-state index >= 15 is 0 Å². The Morgan fingerprint density at radius 2 is 1.81 bits per heavy atom. The number of halogens is 3. The van der Waals surface area contributed by atoms with Crippen molar-refractivity contribution in [1.29, 1.82) is 0 Å². The van der Waals surface area contributed by atoms with E-state index in [1.165, 1.54) is 21.9 Å². The summed E-state index contributed by atoms with van der Waals surface area (Å²) >= 11 is 0. The van der Waals surface area contributed by atoms with Crippen LogP contribution < -0.4 is 10.6 Å². The van der Waals surface area contributed by atoms with Crippen molar-refractivity contribution in [2.24, 2.45) is 11.7 Å². The molecule has 32 heavy (non-hydrogen) atoms. The molecule has 1 aromatic heterocycles. The first-order valence-corrected chi connectivity index (χ1v) is 10.0. The number of alkyl halides is 3. The van der Waals surface area contributed by atoms with Gasteiger partial charge in [-0.15, -0.1) is 0 Å². The Labute approximate surface area is 182 Å². The molecule has 0 unspecified atom stereocenters. The number of carbonyl (C=O) groups is 3. The Balaban J connectivity index is 1.64. The quantitative estimate of drug-likeness (QED) is 0.780. The average molecular weight is 446 g/mol. The molecule has 4 rings (SSSR count). The van der Waals surface area contributed by atoms with Gasteiger partial charge in [-0.1, -0.05) is 18.2 Å². The predicted octanol–water partition coefficient (Wildman–Crippen LogP) is 2.42. The molecule has 7 nitrogen and oxygen atoms in total. The number of nitrogens with zero attached hydrogens (tertiary/aromatic N) is 3. The molecule has 1 saturated carbocycles. The van der Waals surface area contributed by atoms with Crippen LogP contribution in [0.1, 0.15) is 29.5 Å². The minimum absolute atomic E-state index is 0.0522. The fourth-order valence-corrected chi connectivity index (χ4v) is 4.28. The van der Waals surface area contributed by atoms with E-state index in [1.54, 1.807) is 18.3 Å². The summed E-state index contributed by atoms with van der Waals surface area (Å²) < 4.78 is 38.6. The highest BCUT2D eigenvalue weighted by molar-refractivity contribution is 6.10. The van der Waals surface area contributed by atoms with Crippen LogP contribution in [-0.2, 0) is 27.1 Å². The third-order valence-electron chi connectivity index (χ3n) is 6.12. The molecule has 168 valence electrons. The minimum atomic E-state index is -4.47. The molecular formula is C22H21F3N4O3. The molecule has 1 saturated heterocycles. The zero-order valence-electron chi connectivity index (χ0n) is 17.2. The lowest BCUT2D eigenvalue weighted by Crippen LogP contribution is -2.73. The van der Waals surface area contributed by atoms with Crippen LogP contribution in [0.15, 0.2) is 42.6 Å². The maximum Gasteiger partial charge on any atom is 0.416 e. The maximum absolute atomic E-state index is 13.5. The largest absolute Gasteiger partial charge is 0.416 e. The summed E-state index contributed by atoms with van der Waals surface area (Å²) in [7, 11) is 0. The van der Waals surface area contributed by atoms with Crippen LogP contribution in [0.4, 0.5) is 19.0 Å². The molecule has 2 aliphatic rings. The van der Waals surface area contributed by atoms with Gasteiger partial charge in [-0.05, 0) is 49.1 Å². The van der Waals surface area contributed by atoms with Crippen molar-refractivity contribution in [1.82, 2.24) is 9.88 Å². The second kappa shape index (κ2) is 7.61. The number of anilines is 1. The van der Waals surface area contributed by atoms with Crippen LogP contribution in [0, 0.1) is 12.8 Å². The molecule has 2 heterocycles. The van der Waals surface area contributed by atoms with Gasteiger partial charge < -0.3 is 10.6 Å². The SMILES string of the molecule is Cc1ccc(N2CC(=O)N(Cc3ccc(C(F)(F)F)cc3)C3(CC(C(N)=O)C3)C2=O)nc1. The summed E-state index contributed by atoms with van der Waals surface area (Å²) in [4.78, 5) is 45.2. The van der Waals surface area contributed by atoms with Crippen molar-refractivity contribution >= 4 is 23.5 Å². The van der Waals surface area contributed by atoms with Gasteiger partial charge in [0, 0.05) is 18.7 Å². The molecule has 2 fully saturated rings. The van der Waals surface area contributed by atoms with Crippen LogP contribution in [0.3, 0.4) is 0 Å². The van der Waals surface area contributed by atoms with Crippen molar-refractivity contribution in [2.75, 3.05) is 11.4 Å². The number of primary amides is 1. The molecule has 1 aliphatic heterocycles.